The number of non-ortho nitro benzene ring substituents is 1. The first kappa shape index (κ1) is 21.8. The largest absolute Gasteiger partial charge is 0.755 e. The molecule has 1 N–H and O–H groups in total. The molecule has 0 spiro atoms. The van der Waals surface area contributed by atoms with Gasteiger partial charge in [0.1, 0.15) is 5.82 Å². The van der Waals surface area contributed by atoms with Crippen LogP contribution in [0.5, 0.6) is 0 Å². The molecule has 2 aromatic carbocycles. The van der Waals surface area contributed by atoms with Gasteiger partial charge in [-0.2, -0.15) is 0 Å². The number of carbonyl (C=O) groups is 1. The lowest BCUT2D eigenvalue weighted by Gasteiger charge is -2.25. The van der Waals surface area contributed by atoms with Gasteiger partial charge in [0.2, 0.25) is 0 Å². The van der Waals surface area contributed by atoms with Gasteiger partial charge in [0.15, 0.2) is 5.58 Å². The van der Waals surface area contributed by atoms with Crippen molar-refractivity contribution in [2.24, 2.45) is 0 Å². The maximum atomic E-state index is 12.8. The second-order valence-electron chi connectivity index (χ2n) is 6.62. The summed E-state index contributed by atoms with van der Waals surface area (Å²) in [6, 6.07) is 15.3. The summed E-state index contributed by atoms with van der Waals surface area (Å²) in [6.07, 6.45) is 1.27. The van der Waals surface area contributed by atoms with Crippen LogP contribution in [0.1, 0.15) is 10.4 Å². The molecule has 11 nitrogen and oxygen atoms in total. The van der Waals surface area contributed by atoms with Crippen molar-refractivity contribution in [3.8, 4) is 0 Å². The minimum Gasteiger partial charge on any atom is -0.755 e. The van der Waals surface area contributed by atoms with Crippen molar-refractivity contribution < 1.29 is 22.9 Å². The Morgan fingerprint density at radius 2 is 1.88 bits per heavy atom. The van der Waals surface area contributed by atoms with Gasteiger partial charge >= 0.3 is 5.63 Å². The molecule has 166 valence electrons. The number of pyridine rings is 1. The van der Waals surface area contributed by atoms with Crippen molar-refractivity contribution in [1.29, 1.82) is 0 Å². The zero-order valence-corrected chi connectivity index (χ0v) is 17.4. The van der Waals surface area contributed by atoms with Crippen molar-refractivity contribution in [1.82, 2.24) is 4.98 Å². The number of para-hydroxylation sites is 1. The Balaban J connectivity index is 1.68. The van der Waals surface area contributed by atoms with E-state index in [2.05, 4.69) is 10.3 Å². The molecule has 33 heavy (non-hydrogen) atoms. The van der Waals surface area contributed by atoms with Gasteiger partial charge < -0.3 is 14.3 Å². The molecule has 0 radical (unpaired) electrons. The lowest BCUT2D eigenvalue weighted by atomic mass is 10.1. The lowest BCUT2D eigenvalue weighted by molar-refractivity contribution is -0.384. The molecule has 1 amide bonds. The molecule has 0 saturated heterocycles. The Bertz CT molecular complexity index is 1470. The number of nitro benzene ring substituents is 1. The SMILES string of the molecule is O=C(Nc1ccnc(N(c2cccc([N+](=O)[O-])c2)S(=O)[O-])c1)c1cccc2ccc(=O)oc12. The molecule has 0 aliphatic carbocycles. The van der Waals surface area contributed by atoms with Gasteiger partial charge in [0.25, 0.3) is 11.6 Å². The van der Waals surface area contributed by atoms with E-state index in [1.165, 1.54) is 54.7 Å². The average Bonchev–Trinajstić information content (AvgIpc) is 2.79. The summed E-state index contributed by atoms with van der Waals surface area (Å²) in [5, 5.41) is 14.2. The van der Waals surface area contributed by atoms with E-state index >= 15 is 0 Å². The molecule has 2 heterocycles. The molecule has 1 atom stereocenters. The zero-order chi connectivity index (χ0) is 23.5. The molecule has 2 aromatic heterocycles. The standard InChI is InChI=1S/C21H14N4O7S/c26-19-8-7-13-3-1-6-17(20(13)32-19)21(27)23-14-9-10-22-18(11-14)24(33(30)31)15-4-2-5-16(12-15)25(28)29/h1-12H,(H,30,31)(H,22,23,27)/p-1. The van der Waals surface area contributed by atoms with Gasteiger partial charge in [-0.05, 0) is 24.3 Å². The molecule has 0 fully saturated rings. The van der Waals surface area contributed by atoms with Crippen LogP contribution in [-0.2, 0) is 11.3 Å². The molecule has 0 aliphatic heterocycles. The number of amides is 1. The number of hydrogen-bond acceptors (Lipinski definition) is 8. The summed E-state index contributed by atoms with van der Waals surface area (Å²) in [5.41, 5.74) is -0.517. The highest BCUT2D eigenvalue weighted by Crippen LogP contribution is 2.29. The third kappa shape index (κ3) is 4.61. The smallest absolute Gasteiger partial charge is 0.336 e. The first-order valence-corrected chi connectivity index (χ1v) is 10.3. The predicted octanol–water partition coefficient (Wildman–Crippen LogP) is 3.28. The van der Waals surface area contributed by atoms with Crippen LogP contribution in [0.25, 0.3) is 11.0 Å². The quantitative estimate of drug-likeness (QED) is 0.197. The Morgan fingerprint density at radius 1 is 1.09 bits per heavy atom. The summed E-state index contributed by atoms with van der Waals surface area (Å²) < 4.78 is 29.7. The Morgan fingerprint density at radius 3 is 2.64 bits per heavy atom. The monoisotopic (exact) mass is 465 g/mol. The number of benzene rings is 2. The Hall–Kier alpha value is -4.42. The fraction of sp³-hybridized carbons (Fsp3) is 0. The second kappa shape index (κ2) is 8.98. The van der Waals surface area contributed by atoms with Crippen LogP contribution in [0.2, 0.25) is 0 Å². The Kier molecular flexibility index (Phi) is 5.93. The first-order valence-electron chi connectivity index (χ1n) is 9.28. The maximum absolute atomic E-state index is 12.8. The highest BCUT2D eigenvalue weighted by atomic mass is 32.2. The zero-order valence-electron chi connectivity index (χ0n) is 16.5. The fourth-order valence-corrected chi connectivity index (χ4v) is 3.64. The van der Waals surface area contributed by atoms with Gasteiger partial charge in [-0.1, -0.05) is 18.2 Å². The molecule has 4 rings (SSSR count). The molecule has 4 aromatic rings. The minimum absolute atomic E-state index is 0.00987. The molecule has 0 saturated carbocycles. The van der Waals surface area contributed by atoms with Crippen LogP contribution >= 0.6 is 0 Å². The van der Waals surface area contributed by atoms with E-state index in [0.717, 1.165) is 10.4 Å². The third-order valence-electron chi connectivity index (χ3n) is 4.53. The van der Waals surface area contributed by atoms with Crippen molar-refractivity contribution in [3.63, 3.8) is 0 Å². The van der Waals surface area contributed by atoms with Gasteiger partial charge in [-0.3, -0.25) is 23.4 Å². The minimum atomic E-state index is -2.87. The van der Waals surface area contributed by atoms with Crippen LogP contribution < -0.4 is 15.2 Å². The van der Waals surface area contributed by atoms with Gasteiger partial charge in [-0.25, -0.2) is 9.78 Å². The van der Waals surface area contributed by atoms with Crippen molar-refractivity contribution in [2.75, 3.05) is 9.62 Å². The van der Waals surface area contributed by atoms with Crippen molar-refractivity contribution in [3.05, 3.63) is 99.0 Å². The summed E-state index contributed by atoms with van der Waals surface area (Å²) in [7, 11) is 0. The molecule has 12 heteroatoms. The average molecular weight is 465 g/mol. The predicted molar refractivity (Wildman–Crippen MR) is 119 cm³/mol. The molecular weight excluding hydrogens is 452 g/mol. The number of rotatable bonds is 6. The first-order chi connectivity index (χ1) is 15.8. The van der Waals surface area contributed by atoms with Gasteiger partial charge in [0, 0.05) is 41.5 Å². The summed E-state index contributed by atoms with van der Waals surface area (Å²) >= 11 is -2.87. The number of hydrogen-bond donors (Lipinski definition) is 1. The number of anilines is 3. The number of fused-ring (bicyclic) bond motifs is 1. The summed E-state index contributed by atoms with van der Waals surface area (Å²) in [4.78, 5) is 38.8. The van der Waals surface area contributed by atoms with Crippen LogP contribution in [0, 0.1) is 10.1 Å². The molecule has 0 aliphatic rings. The number of nitro groups is 1. The van der Waals surface area contributed by atoms with Crippen molar-refractivity contribution in [2.45, 2.75) is 0 Å². The van der Waals surface area contributed by atoms with E-state index in [1.807, 2.05) is 0 Å². The van der Waals surface area contributed by atoms with Crippen LogP contribution in [0.4, 0.5) is 22.9 Å². The van der Waals surface area contributed by atoms with E-state index < -0.39 is 27.7 Å². The number of nitrogens with one attached hydrogen (secondary N) is 1. The van der Waals surface area contributed by atoms with E-state index in [1.54, 1.807) is 12.1 Å². The second-order valence-corrected chi connectivity index (χ2v) is 7.42. The van der Waals surface area contributed by atoms with Crippen LogP contribution in [0.3, 0.4) is 0 Å². The summed E-state index contributed by atoms with van der Waals surface area (Å²) in [6.45, 7) is 0. The highest BCUT2D eigenvalue weighted by Gasteiger charge is 2.17. The van der Waals surface area contributed by atoms with Crippen LogP contribution in [-0.4, -0.2) is 24.6 Å². The number of nitrogens with zero attached hydrogens (tertiary/aromatic N) is 3. The lowest BCUT2D eigenvalue weighted by Crippen LogP contribution is -2.21. The third-order valence-corrected chi connectivity index (χ3v) is 5.22. The highest BCUT2D eigenvalue weighted by molar-refractivity contribution is 7.81. The van der Waals surface area contributed by atoms with E-state index in [-0.39, 0.29) is 34.0 Å². The fourth-order valence-electron chi connectivity index (χ4n) is 3.10. The molecule has 1 unspecified atom stereocenters. The number of aromatic nitrogens is 1. The maximum Gasteiger partial charge on any atom is 0.336 e. The van der Waals surface area contributed by atoms with Crippen molar-refractivity contribution >= 4 is 51.0 Å². The molecule has 0 bridgehead atoms. The summed E-state index contributed by atoms with van der Waals surface area (Å²) in [5.74, 6) is -0.705. The van der Waals surface area contributed by atoms with E-state index in [4.69, 9.17) is 4.42 Å². The topological polar surface area (TPSA) is 159 Å². The molecular formula is C21H13N4O7S-. The van der Waals surface area contributed by atoms with Gasteiger partial charge in [0.05, 0.1) is 27.4 Å². The van der Waals surface area contributed by atoms with E-state index in [9.17, 15) is 28.5 Å². The van der Waals surface area contributed by atoms with E-state index in [0.29, 0.717) is 5.39 Å². The van der Waals surface area contributed by atoms with Gasteiger partial charge in [-0.15, -0.1) is 0 Å². The normalized spacial score (nSPS) is 11.7. The van der Waals surface area contributed by atoms with Crippen LogP contribution in [0.15, 0.2) is 82.1 Å². The Labute approximate surface area is 187 Å². The number of carbonyl (C=O) groups excluding carboxylic acids is 1.